The molecular weight excluding hydrogens is 338 g/mol. The molecule has 1 fully saturated rings. The molecule has 0 unspecified atom stereocenters. The first-order valence-electron chi connectivity index (χ1n) is 9.83. The molecule has 1 N–H and O–H groups in total. The largest absolute Gasteiger partial charge is 0.490 e. The van der Waals surface area contributed by atoms with E-state index in [1.165, 1.54) is 35.0 Å². The molecule has 27 heavy (non-hydrogen) atoms. The van der Waals surface area contributed by atoms with E-state index in [2.05, 4.69) is 28.8 Å². The highest BCUT2D eigenvalue weighted by atomic mass is 16.5. The van der Waals surface area contributed by atoms with E-state index in [9.17, 15) is 9.90 Å². The van der Waals surface area contributed by atoms with Crippen molar-refractivity contribution in [2.24, 2.45) is 0 Å². The van der Waals surface area contributed by atoms with Gasteiger partial charge in [-0.1, -0.05) is 24.3 Å². The first kappa shape index (κ1) is 16.4. The lowest BCUT2D eigenvalue weighted by molar-refractivity contribution is 0.0694. The second kappa shape index (κ2) is 6.45. The number of carboxylic acids is 1. The van der Waals surface area contributed by atoms with Crippen LogP contribution in [-0.2, 0) is 19.4 Å². The van der Waals surface area contributed by atoms with Gasteiger partial charge in [0.15, 0.2) is 0 Å². The Bertz CT molecular complexity index is 1030. The smallest absolute Gasteiger partial charge is 0.336 e. The molecule has 138 valence electrons. The number of hydrogen-bond acceptors (Lipinski definition) is 2. The molecule has 0 radical (unpaired) electrons. The zero-order valence-electron chi connectivity index (χ0n) is 15.3. The van der Waals surface area contributed by atoms with Crippen LogP contribution in [0.1, 0.15) is 52.9 Å². The molecule has 1 aromatic heterocycles. The van der Waals surface area contributed by atoms with Crippen molar-refractivity contribution in [3.8, 4) is 5.75 Å². The number of aromatic nitrogens is 1. The van der Waals surface area contributed by atoms with Gasteiger partial charge in [-0.25, -0.2) is 4.79 Å². The molecule has 0 spiro atoms. The number of para-hydroxylation sites is 1. The average Bonchev–Trinajstić information content (AvgIpc) is 3.45. The van der Waals surface area contributed by atoms with Gasteiger partial charge >= 0.3 is 5.97 Å². The zero-order valence-corrected chi connectivity index (χ0v) is 15.3. The number of benzene rings is 2. The number of carbonyl (C=O) groups is 1. The molecule has 0 aliphatic heterocycles. The summed E-state index contributed by atoms with van der Waals surface area (Å²) in [6.45, 7) is 0.542. The maximum atomic E-state index is 11.9. The number of carboxylic acid groups (broad SMARTS) is 1. The molecule has 4 nitrogen and oxygen atoms in total. The van der Waals surface area contributed by atoms with Crippen LogP contribution in [0.25, 0.3) is 10.9 Å². The predicted octanol–water partition coefficient (Wildman–Crippen LogP) is 4.81. The third-order valence-corrected chi connectivity index (χ3v) is 5.78. The summed E-state index contributed by atoms with van der Waals surface area (Å²) < 4.78 is 8.40. The van der Waals surface area contributed by atoms with E-state index in [4.69, 9.17) is 4.74 Å². The number of ether oxygens (including phenoxy) is 1. The van der Waals surface area contributed by atoms with Gasteiger partial charge in [0, 0.05) is 22.2 Å². The fraction of sp³-hybridized carbons (Fsp3) is 0.348. The highest BCUT2D eigenvalue weighted by Gasteiger charge is 2.27. The lowest BCUT2D eigenvalue weighted by Gasteiger charge is -2.19. The van der Waals surface area contributed by atoms with Crippen LogP contribution in [0.5, 0.6) is 5.75 Å². The summed E-state index contributed by atoms with van der Waals surface area (Å²) in [6, 6.07) is 13.9. The summed E-state index contributed by atoms with van der Waals surface area (Å²) in [4.78, 5) is 11.9. The van der Waals surface area contributed by atoms with Gasteiger partial charge in [-0.05, 0) is 62.3 Å². The van der Waals surface area contributed by atoms with Gasteiger partial charge in [0.2, 0.25) is 0 Å². The molecule has 0 amide bonds. The summed E-state index contributed by atoms with van der Waals surface area (Å²) in [5, 5.41) is 11.1. The van der Waals surface area contributed by atoms with Crippen LogP contribution in [0.3, 0.4) is 0 Å². The Kier molecular flexibility index (Phi) is 3.92. The molecule has 5 rings (SSSR count). The molecule has 0 atom stereocenters. The van der Waals surface area contributed by atoms with E-state index in [-0.39, 0.29) is 6.10 Å². The predicted molar refractivity (Wildman–Crippen MR) is 105 cm³/mol. The SMILES string of the molecule is O=C(O)c1cccc(OC2CC2)c1Cn1c2c(c3ccccc31)CCCC2. The van der Waals surface area contributed by atoms with Gasteiger partial charge in [0.25, 0.3) is 0 Å². The van der Waals surface area contributed by atoms with Crippen molar-refractivity contribution in [2.75, 3.05) is 0 Å². The van der Waals surface area contributed by atoms with Gasteiger partial charge in [-0.2, -0.15) is 0 Å². The van der Waals surface area contributed by atoms with E-state index in [1.54, 1.807) is 12.1 Å². The molecule has 1 saturated carbocycles. The summed E-state index contributed by atoms with van der Waals surface area (Å²) in [7, 11) is 0. The average molecular weight is 361 g/mol. The molecule has 1 heterocycles. The molecular formula is C23H23NO3. The minimum absolute atomic E-state index is 0.239. The second-order valence-electron chi connectivity index (χ2n) is 7.64. The minimum Gasteiger partial charge on any atom is -0.490 e. The van der Waals surface area contributed by atoms with E-state index < -0.39 is 5.97 Å². The highest BCUT2D eigenvalue weighted by molar-refractivity contribution is 5.91. The van der Waals surface area contributed by atoms with Crippen molar-refractivity contribution in [2.45, 2.75) is 51.2 Å². The molecule has 2 aliphatic rings. The zero-order chi connectivity index (χ0) is 18.4. The van der Waals surface area contributed by atoms with Crippen LogP contribution in [0.2, 0.25) is 0 Å². The topological polar surface area (TPSA) is 51.5 Å². The van der Waals surface area contributed by atoms with Gasteiger partial charge in [0.1, 0.15) is 5.75 Å². The molecule has 3 aromatic rings. The van der Waals surface area contributed by atoms with Crippen LogP contribution in [-0.4, -0.2) is 21.7 Å². The number of nitrogens with zero attached hydrogens (tertiary/aromatic N) is 1. The Balaban J connectivity index is 1.66. The van der Waals surface area contributed by atoms with E-state index in [1.807, 2.05) is 6.07 Å². The number of hydrogen-bond donors (Lipinski definition) is 1. The third-order valence-electron chi connectivity index (χ3n) is 5.78. The van der Waals surface area contributed by atoms with Crippen LogP contribution in [0, 0.1) is 0 Å². The number of aryl methyl sites for hydroxylation is 1. The monoisotopic (exact) mass is 361 g/mol. The van der Waals surface area contributed by atoms with Crippen molar-refractivity contribution in [1.29, 1.82) is 0 Å². The maximum Gasteiger partial charge on any atom is 0.336 e. The lowest BCUT2D eigenvalue weighted by Crippen LogP contribution is -2.14. The molecule has 2 aromatic carbocycles. The van der Waals surface area contributed by atoms with Crippen LogP contribution in [0.4, 0.5) is 0 Å². The van der Waals surface area contributed by atoms with E-state index in [0.717, 1.165) is 37.0 Å². The van der Waals surface area contributed by atoms with E-state index in [0.29, 0.717) is 12.1 Å². The first-order chi connectivity index (χ1) is 13.2. The standard InChI is InChI=1S/C23H23NO3/c25-23(26)18-8-5-11-22(27-15-12-13-15)19(18)14-24-20-9-3-1-6-16(20)17-7-2-4-10-21(17)24/h1,3,5-6,8-9,11,15H,2,4,7,10,12-14H2,(H,25,26). The number of aromatic carboxylic acids is 1. The van der Waals surface area contributed by atoms with Crippen molar-refractivity contribution >= 4 is 16.9 Å². The lowest BCUT2D eigenvalue weighted by atomic mass is 9.95. The second-order valence-corrected chi connectivity index (χ2v) is 7.64. The van der Waals surface area contributed by atoms with Gasteiger partial charge < -0.3 is 14.4 Å². The number of fused-ring (bicyclic) bond motifs is 3. The van der Waals surface area contributed by atoms with Crippen molar-refractivity contribution in [1.82, 2.24) is 4.57 Å². The molecule has 2 aliphatic carbocycles. The Morgan fingerprint density at radius 2 is 1.89 bits per heavy atom. The van der Waals surface area contributed by atoms with Crippen molar-refractivity contribution in [3.63, 3.8) is 0 Å². The summed E-state index contributed by atoms with van der Waals surface area (Å²) >= 11 is 0. The van der Waals surface area contributed by atoms with Crippen molar-refractivity contribution in [3.05, 3.63) is 64.8 Å². The Labute approximate surface area is 158 Å². The quantitative estimate of drug-likeness (QED) is 0.710. The molecule has 0 saturated heterocycles. The van der Waals surface area contributed by atoms with Gasteiger partial charge in [0.05, 0.1) is 18.2 Å². The fourth-order valence-electron chi connectivity index (χ4n) is 4.33. The van der Waals surface area contributed by atoms with Crippen molar-refractivity contribution < 1.29 is 14.6 Å². The van der Waals surface area contributed by atoms with E-state index >= 15 is 0 Å². The Morgan fingerprint density at radius 3 is 2.70 bits per heavy atom. The minimum atomic E-state index is -0.892. The summed E-state index contributed by atoms with van der Waals surface area (Å²) in [5.41, 5.74) is 5.12. The fourth-order valence-corrected chi connectivity index (χ4v) is 4.33. The van der Waals surface area contributed by atoms with Gasteiger partial charge in [-0.3, -0.25) is 0 Å². The normalized spacial score (nSPS) is 16.3. The molecule has 0 bridgehead atoms. The third kappa shape index (κ3) is 2.89. The summed E-state index contributed by atoms with van der Waals surface area (Å²) in [5.74, 6) is -0.170. The first-order valence-corrected chi connectivity index (χ1v) is 9.83. The van der Waals surface area contributed by atoms with Crippen LogP contribution < -0.4 is 4.74 Å². The van der Waals surface area contributed by atoms with Gasteiger partial charge in [-0.15, -0.1) is 0 Å². The maximum absolute atomic E-state index is 11.9. The highest BCUT2D eigenvalue weighted by Crippen LogP contribution is 2.36. The number of rotatable bonds is 5. The Morgan fingerprint density at radius 1 is 1.07 bits per heavy atom. The molecule has 4 heteroatoms. The van der Waals surface area contributed by atoms with Crippen LogP contribution >= 0.6 is 0 Å². The summed E-state index contributed by atoms with van der Waals surface area (Å²) in [6.07, 6.45) is 6.92. The Hall–Kier alpha value is -2.75. The van der Waals surface area contributed by atoms with Crippen LogP contribution in [0.15, 0.2) is 42.5 Å².